The molecule has 0 aromatic carbocycles. The van der Waals surface area contributed by atoms with E-state index in [0.29, 0.717) is 6.61 Å². The highest BCUT2D eigenvalue weighted by Gasteiger charge is 1.99. The molecule has 0 amide bonds. The van der Waals surface area contributed by atoms with Gasteiger partial charge < -0.3 is 9.84 Å². The summed E-state index contributed by atoms with van der Waals surface area (Å²) in [4.78, 5) is 21.4. The van der Waals surface area contributed by atoms with Crippen LogP contribution in [0, 0.1) is 0 Å². The molecule has 0 unspecified atom stereocenters. The highest BCUT2D eigenvalue weighted by Crippen LogP contribution is 2.14. The molecule has 0 saturated heterocycles. The zero-order valence-electron chi connectivity index (χ0n) is 17.6. The lowest BCUT2D eigenvalue weighted by Gasteiger charge is -2.05. The predicted molar refractivity (Wildman–Crippen MR) is 117 cm³/mol. The maximum atomic E-state index is 11.1. The van der Waals surface area contributed by atoms with Crippen molar-refractivity contribution < 1.29 is 19.4 Å². The molecule has 28 heavy (non-hydrogen) atoms. The normalized spacial score (nSPS) is 11.3. The molecule has 0 aliphatic rings. The maximum absolute atomic E-state index is 11.1. The third-order valence-corrected chi connectivity index (χ3v) is 4.79. The fourth-order valence-corrected chi connectivity index (χ4v) is 3.14. The minimum Gasteiger partial charge on any atom is -0.478 e. The molecule has 6 heteroatoms. The van der Waals surface area contributed by atoms with Crippen LogP contribution in [0.25, 0.3) is 0 Å². The van der Waals surface area contributed by atoms with Crippen LogP contribution in [0.2, 0.25) is 5.72 Å². The summed E-state index contributed by atoms with van der Waals surface area (Å²) in [6, 6.07) is 0. The summed E-state index contributed by atoms with van der Waals surface area (Å²) < 4.78 is 4.92. The van der Waals surface area contributed by atoms with Crippen LogP contribution >= 0.6 is 0 Å². The van der Waals surface area contributed by atoms with Crippen LogP contribution < -0.4 is 0 Å². The van der Waals surface area contributed by atoms with E-state index in [9.17, 15) is 9.59 Å². The second-order valence-electron chi connectivity index (χ2n) is 7.59. The molecule has 156 valence electrons. The topological polar surface area (TPSA) is 63.6 Å². The zero-order chi connectivity index (χ0) is 20.9. The van der Waals surface area contributed by atoms with E-state index in [1.807, 2.05) is 0 Å². The number of aliphatic carboxylic acids is 1. The molecular formula is C22H38B2O4. The predicted octanol–water partition coefficient (Wildman–Crippen LogP) is 5.50. The van der Waals surface area contributed by atoms with Gasteiger partial charge in [0.15, 0.2) is 0 Å². The van der Waals surface area contributed by atoms with E-state index < -0.39 is 11.9 Å². The van der Waals surface area contributed by atoms with Gasteiger partial charge in [-0.2, -0.15) is 0 Å². The molecule has 0 aliphatic carbocycles. The molecule has 0 aromatic rings. The Hall–Kier alpha value is -1.19. The fraction of sp³-hybridized carbons (Fsp3) is 0.818. The number of carbonyl (C=O) groups excluding carboxylic acids is 1. The van der Waals surface area contributed by atoms with Gasteiger partial charge in [0.05, 0.1) is 22.3 Å². The average Bonchev–Trinajstić information content (AvgIpc) is 2.65. The van der Waals surface area contributed by atoms with Crippen LogP contribution in [0.15, 0.2) is 12.2 Å². The second-order valence-corrected chi connectivity index (χ2v) is 7.59. The molecule has 0 spiro atoms. The Labute approximate surface area is 174 Å². The lowest BCUT2D eigenvalue weighted by Crippen LogP contribution is -2.03. The monoisotopic (exact) mass is 388 g/mol. The number of rotatable bonds is 20. The van der Waals surface area contributed by atoms with Crippen molar-refractivity contribution in [2.45, 2.75) is 108 Å². The van der Waals surface area contributed by atoms with Crippen molar-refractivity contribution in [1.82, 2.24) is 0 Å². The van der Waals surface area contributed by atoms with Crippen molar-refractivity contribution in [2.24, 2.45) is 0 Å². The summed E-state index contributed by atoms with van der Waals surface area (Å²) in [6.45, 7) is 0.364. The minimum atomic E-state index is -1.14. The van der Waals surface area contributed by atoms with Crippen LogP contribution in [-0.4, -0.2) is 39.3 Å². The molecular weight excluding hydrogens is 350 g/mol. The second kappa shape index (κ2) is 20.5. The van der Waals surface area contributed by atoms with Crippen molar-refractivity contribution in [1.29, 1.82) is 0 Å². The number of hydrogen-bond donors (Lipinski definition) is 1. The van der Waals surface area contributed by atoms with Gasteiger partial charge in [0, 0.05) is 12.2 Å². The van der Waals surface area contributed by atoms with Crippen molar-refractivity contribution in [3.8, 4) is 0 Å². The van der Waals surface area contributed by atoms with Crippen LogP contribution in [0.5, 0.6) is 0 Å². The van der Waals surface area contributed by atoms with Gasteiger partial charge in [0.1, 0.15) is 0 Å². The molecule has 1 N–H and O–H groups in total. The van der Waals surface area contributed by atoms with Crippen LogP contribution in [0.1, 0.15) is 103 Å². The summed E-state index contributed by atoms with van der Waals surface area (Å²) in [5.74, 6) is -1.73. The van der Waals surface area contributed by atoms with E-state index in [-0.39, 0.29) is 5.72 Å². The molecule has 0 saturated carbocycles. The number of unbranched alkanes of at least 4 members (excludes halogenated alkanes) is 14. The van der Waals surface area contributed by atoms with Gasteiger partial charge in [-0.3, -0.25) is 0 Å². The SMILES string of the molecule is [B]C([B])CCCCCCCCCCCCCCCCCOC(=O)/C=C/C(=O)O. The third kappa shape index (κ3) is 22.9. The van der Waals surface area contributed by atoms with E-state index in [1.165, 1.54) is 70.6 Å². The zero-order valence-corrected chi connectivity index (χ0v) is 17.6. The summed E-state index contributed by atoms with van der Waals surface area (Å²) in [6.07, 6.45) is 21.4. The summed E-state index contributed by atoms with van der Waals surface area (Å²) >= 11 is 0. The van der Waals surface area contributed by atoms with E-state index in [4.69, 9.17) is 25.5 Å². The first-order chi connectivity index (χ1) is 13.5. The van der Waals surface area contributed by atoms with Crippen LogP contribution in [-0.2, 0) is 14.3 Å². The Morgan fingerprint density at radius 1 is 0.679 bits per heavy atom. The van der Waals surface area contributed by atoms with E-state index in [1.54, 1.807) is 0 Å². The lowest BCUT2D eigenvalue weighted by molar-refractivity contribution is -0.138. The molecule has 4 radical (unpaired) electrons. The first kappa shape index (κ1) is 26.8. The van der Waals surface area contributed by atoms with Gasteiger partial charge in [-0.05, 0) is 6.42 Å². The number of ether oxygens (including phenoxy) is 1. The number of hydrogen-bond acceptors (Lipinski definition) is 3. The third-order valence-electron chi connectivity index (χ3n) is 4.79. The van der Waals surface area contributed by atoms with Gasteiger partial charge in [0.25, 0.3) is 0 Å². The van der Waals surface area contributed by atoms with Crippen molar-refractivity contribution in [3.63, 3.8) is 0 Å². The van der Waals surface area contributed by atoms with Gasteiger partial charge in [-0.25, -0.2) is 9.59 Å². The highest BCUT2D eigenvalue weighted by atomic mass is 16.5. The van der Waals surface area contributed by atoms with E-state index in [2.05, 4.69) is 0 Å². The largest absolute Gasteiger partial charge is 0.478 e. The molecule has 0 aromatic heterocycles. The average molecular weight is 388 g/mol. The number of esters is 1. The summed E-state index contributed by atoms with van der Waals surface area (Å²) in [5.41, 5.74) is -0.140. The fourth-order valence-electron chi connectivity index (χ4n) is 3.14. The molecule has 0 rings (SSSR count). The Kier molecular flexibility index (Phi) is 19.7. The first-order valence-corrected chi connectivity index (χ1v) is 11.1. The Morgan fingerprint density at radius 2 is 1.07 bits per heavy atom. The molecule has 4 nitrogen and oxygen atoms in total. The van der Waals surface area contributed by atoms with E-state index >= 15 is 0 Å². The van der Waals surface area contributed by atoms with Crippen molar-refractivity contribution in [2.75, 3.05) is 6.61 Å². The molecule has 0 bridgehead atoms. The van der Waals surface area contributed by atoms with Crippen molar-refractivity contribution >= 4 is 27.6 Å². The van der Waals surface area contributed by atoms with Crippen LogP contribution in [0.4, 0.5) is 0 Å². The van der Waals surface area contributed by atoms with Crippen molar-refractivity contribution in [3.05, 3.63) is 12.2 Å². The van der Waals surface area contributed by atoms with Crippen LogP contribution in [0.3, 0.4) is 0 Å². The molecule has 0 aliphatic heterocycles. The van der Waals surface area contributed by atoms with Gasteiger partial charge in [-0.15, -0.1) is 5.72 Å². The Balaban J connectivity index is 3.14. The standard InChI is InChI=1S/C22H38B2O4/c23-20(24)16-14-12-10-8-6-4-2-1-3-5-7-9-11-13-15-19-28-22(27)18-17-21(25)26/h17-18,20H,1-16,19H2,(H,25,26)/b18-17+. The van der Waals surface area contributed by atoms with Gasteiger partial charge in [-0.1, -0.05) is 96.3 Å². The quantitative estimate of drug-likeness (QED) is 0.130. The Bertz CT molecular complexity index is 411. The minimum absolute atomic E-state index is 0.140. The molecule has 0 heterocycles. The van der Waals surface area contributed by atoms with Gasteiger partial charge in [0.2, 0.25) is 0 Å². The summed E-state index contributed by atoms with van der Waals surface area (Å²) in [7, 11) is 11.1. The lowest BCUT2D eigenvalue weighted by atomic mass is 9.68. The first-order valence-electron chi connectivity index (χ1n) is 11.1. The summed E-state index contributed by atoms with van der Waals surface area (Å²) in [5, 5.41) is 8.40. The Morgan fingerprint density at radius 3 is 1.46 bits per heavy atom. The number of carboxylic acids is 1. The smallest absolute Gasteiger partial charge is 0.331 e. The highest BCUT2D eigenvalue weighted by molar-refractivity contribution is 6.35. The maximum Gasteiger partial charge on any atom is 0.331 e. The van der Waals surface area contributed by atoms with Gasteiger partial charge >= 0.3 is 11.9 Å². The molecule has 0 fully saturated rings. The number of carbonyl (C=O) groups is 2. The number of carboxylic acid groups (broad SMARTS) is 1. The van der Waals surface area contributed by atoms with E-state index in [0.717, 1.165) is 44.3 Å². The molecule has 0 atom stereocenters.